The fourth-order valence-electron chi connectivity index (χ4n) is 5.75. The van der Waals surface area contributed by atoms with Crippen LogP contribution in [0.15, 0.2) is 63.7 Å². The lowest BCUT2D eigenvalue weighted by atomic mass is 9.96. The molecule has 1 aliphatic carbocycles. The third-order valence-corrected chi connectivity index (χ3v) is 9.17. The Hall–Kier alpha value is -2.65. The highest BCUT2D eigenvalue weighted by Gasteiger charge is 2.49. The Balaban J connectivity index is 1.40. The van der Waals surface area contributed by atoms with Crippen molar-refractivity contribution >= 4 is 23.7 Å². The quantitative estimate of drug-likeness (QED) is 0.275. The van der Waals surface area contributed by atoms with Crippen molar-refractivity contribution in [3.8, 4) is 11.1 Å². The number of carbonyl (C=O) groups excluding carboxylic acids is 1. The van der Waals surface area contributed by atoms with E-state index < -0.39 is 5.54 Å². The lowest BCUT2D eigenvalue weighted by Crippen LogP contribution is -2.40. The van der Waals surface area contributed by atoms with E-state index in [0.29, 0.717) is 19.8 Å². The van der Waals surface area contributed by atoms with Gasteiger partial charge in [0.1, 0.15) is 23.3 Å². The van der Waals surface area contributed by atoms with Gasteiger partial charge in [-0.15, -0.1) is 5.48 Å². The van der Waals surface area contributed by atoms with Crippen molar-refractivity contribution in [2.24, 2.45) is 4.99 Å². The van der Waals surface area contributed by atoms with Crippen LogP contribution in [0.1, 0.15) is 83.8 Å². The summed E-state index contributed by atoms with van der Waals surface area (Å²) in [4.78, 5) is 27.3. The Morgan fingerprint density at radius 1 is 1.15 bits per heavy atom. The molecule has 1 fully saturated rings. The molecule has 0 radical (unpaired) electrons. The minimum Gasteiger partial charge on any atom is -0.412 e. The number of amidine groups is 1. The lowest BCUT2D eigenvalue weighted by molar-refractivity contribution is -0.131. The first-order valence-corrected chi connectivity index (χ1v) is 15.5. The van der Waals surface area contributed by atoms with Crippen molar-refractivity contribution in [3.05, 3.63) is 64.9 Å². The van der Waals surface area contributed by atoms with Gasteiger partial charge in [-0.05, 0) is 80.3 Å². The predicted molar refractivity (Wildman–Crippen MR) is 161 cm³/mol. The summed E-state index contributed by atoms with van der Waals surface area (Å²) in [6.45, 7) is 9.95. The number of amides is 1. The molecular formula is C32H42N4O3S. The number of allylic oxidation sites excluding steroid dienone is 1. The Kier molecular flexibility index (Phi) is 9.31. The zero-order valence-corrected chi connectivity index (χ0v) is 25.0. The van der Waals surface area contributed by atoms with E-state index in [1.807, 2.05) is 18.7 Å². The fourth-order valence-corrected chi connectivity index (χ4v) is 6.66. The normalized spacial score (nSPS) is 20.1. The number of hydroxylamine groups is 1. The third-order valence-electron chi connectivity index (χ3n) is 8.24. The van der Waals surface area contributed by atoms with E-state index in [0.717, 1.165) is 89.3 Å². The van der Waals surface area contributed by atoms with Gasteiger partial charge in [-0.2, -0.15) is 0 Å². The van der Waals surface area contributed by atoms with Crippen LogP contribution >= 0.6 is 11.9 Å². The minimum absolute atomic E-state index is 0.0481. The minimum atomic E-state index is -0.508. The van der Waals surface area contributed by atoms with Crippen LogP contribution in [0.4, 0.5) is 0 Å². The van der Waals surface area contributed by atoms with Crippen LogP contribution in [0, 0.1) is 0 Å². The van der Waals surface area contributed by atoms with Gasteiger partial charge in [0.15, 0.2) is 0 Å². The van der Waals surface area contributed by atoms with E-state index in [-0.39, 0.29) is 12.1 Å². The van der Waals surface area contributed by atoms with Crippen molar-refractivity contribution in [1.82, 2.24) is 15.1 Å². The smallest absolute Gasteiger partial charge is 0.256 e. The standard InChI is InChI=1S/C32H42N4O3S/c1-5-7-14-29-33-32(17-10-11-18-32)31(37)36(29)20-24-15-16-26(25(19-24)21-38-6-2)27-12-8-9-13-28(27)40-35-30-22(3)23(4)39-34-30/h8-9,12-13,15-16,19,30,34-35H,5-7,10-11,14,17-18,20-21H2,1-4H3. The molecule has 7 nitrogen and oxygen atoms in total. The molecule has 40 heavy (non-hydrogen) atoms. The van der Waals surface area contributed by atoms with E-state index in [9.17, 15) is 4.79 Å². The number of nitrogens with zero attached hydrogens (tertiary/aromatic N) is 2. The van der Waals surface area contributed by atoms with Crippen molar-refractivity contribution in [1.29, 1.82) is 0 Å². The summed E-state index contributed by atoms with van der Waals surface area (Å²) < 4.78 is 9.42. The van der Waals surface area contributed by atoms with Crippen molar-refractivity contribution in [2.45, 2.75) is 102 Å². The molecule has 2 N–H and O–H groups in total. The van der Waals surface area contributed by atoms with E-state index in [1.54, 1.807) is 11.9 Å². The highest BCUT2D eigenvalue weighted by molar-refractivity contribution is 7.97. The molecular weight excluding hydrogens is 520 g/mol. The molecule has 1 atom stereocenters. The molecule has 0 saturated heterocycles. The third kappa shape index (κ3) is 6.00. The predicted octanol–water partition coefficient (Wildman–Crippen LogP) is 6.89. The second-order valence-corrected chi connectivity index (χ2v) is 11.9. The summed E-state index contributed by atoms with van der Waals surface area (Å²) in [6, 6.07) is 15.0. The number of ether oxygens (including phenoxy) is 1. The number of aliphatic imine (C=N–C) groups is 1. The van der Waals surface area contributed by atoms with Crippen LogP contribution in [0.5, 0.6) is 0 Å². The van der Waals surface area contributed by atoms with Gasteiger partial charge in [0, 0.05) is 23.5 Å². The largest absolute Gasteiger partial charge is 0.412 e. The Bertz CT molecular complexity index is 1280. The van der Waals surface area contributed by atoms with Crippen LogP contribution in [0.2, 0.25) is 0 Å². The van der Waals surface area contributed by atoms with Crippen LogP contribution < -0.4 is 10.2 Å². The van der Waals surface area contributed by atoms with E-state index >= 15 is 0 Å². The van der Waals surface area contributed by atoms with Gasteiger partial charge in [0.2, 0.25) is 0 Å². The van der Waals surface area contributed by atoms with E-state index in [2.05, 4.69) is 66.5 Å². The zero-order valence-electron chi connectivity index (χ0n) is 24.2. The van der Waals surface area contributed by atoms with Gasteiger partial charge >= 0.3 is 0 Å². The van der Waals surface area contributed by atoms with Crippen LogP contribution in [-0.4, -0.2) is 35.0 Å². The summed E-state index contributed by atoms with van der Waals surface area (Å²) in [5.74, 6) is 2.07. The molecule has 8 heteroatoms. The summed E-state index contributed by atoms with van der Waals surface area (Å²) in [7, 11) is 0. The average Bonchev–Trinajstić information content (AvgIpc) is 3.65. The number of rotatable bonds is 12. The van der Waals surface area contributed by atoms with Gasteiger partial charge in [0.05, 0.1) is 13.2 Å². The molecule has 5 rings (SSSR count). The maximum atomic E-state index is 13.7. The monoisotopic (exact) mass is 562 g/mol. The molecule has 1 saturated carbocycles. The van der Waals surface area contributed by atoms with Crippen LogP contribution in [-0.2, 0) is 27.5 Å². The lowest BCUT2D eigenvalue weighted by Gasteiger charge is -2.23. The molecule has 3 aliphatic rings. The summed E-state index contributed by atoms with van der Waals surface area (Å²) >= 11 is 1.59. The first-order valence-electron chi connectivity index (χ1n) is 14.7. The Morgan fingerprint density at radius 2 is 1.95 bits per heavy atom. The molecule has 0 aromatic heterocycles. The van der Waals surface area contributed by atoms with E-state index in [1.165, 1.54) is 0 Å². The van der Waals surface area contributed by atoms with Gasteiger partial charge < -0.3 is 9.57 Å². The van der Waals surface area contributed by atoms with Crippen LogP contribution in [0.25, 0.3) is 11.1 Å². The molecule has 1 amide bonds. The van der Waals surface area contributed by atoms with Gasteiger partial charge in [-0.25, -0.2) is 4.72 Å². The second-order valence-electron chi connectivity index (χ2n) is 11.0. The molecule has 2 aromatic rings. The number of benzene rings is 2. The first kappa shape index (κ1) is 28.9. The fraction of sp³-hybridized carbons (Fsp3) is 0.500. The average molecular weight is 563 g/mol. The highest BCUT2D eigenvalue weighted by atomic mass is 32.2. The second kappa shape index (κ2) is 12.9. The number of nitrogens with one attached hydrogen (secondary N) is 2. The zero-order chi connectivity index (χ0) is 28.1. The Labute approximate surface area is 242 Å². The first-order chi connectivity index (χ1) is 19.5. The molecule has 1 unspecified atom stereocenters. The molecule has 1 spiro atoms. The molecule has 2 aromatic carbocycles. The number of hydrogen-bond acceptors (Lipinski definition) is 7. The molecule has 2 heterocycles. The van der Waals surface area contributed by atoms with Gasteiger partial charge in [0.25, 0.3) is 5.91 Å². The molecule has 0 bridgehead atoms. The van der Waals surface area contributed by atoms with E-state index in [4.69, 9.17) is 14.6 Å². The van der Waals surface area contributed by atoms with Crippen molar-refractivity contribution in [2.75, 3.05) is 6.61 Å². The highest BCUT2D eigenvalue weighted by Crippen LogP contribution is 2.40. The van der Waals surface area contributed by atoms with Gasteiger partial charge in [-0.1, -0.05) is 62.6 Å². The number of carbonyl (C=O) groups is 1. The van der Waals surface area contributed by atoms with Gasteiger partial charge in [-0.3, -0.25) is 14.7 Å². The van der Waals surface area contributed by atoms with Crippen LogP contribution in [0.3, 0.4) is 0 Å². The molecule has 214 valence electrons. The summed E-state index contributed by atoms with van der Waals surface area (Å²) in [5.41, 5.74) is 8.19. The van der Waals surface area contributed by atoms with Crippen molar-refractivity contribution < 1.29 is 14.4 Å². The van der Waals surface area contributed by atoms with Crippen molar-refractivity contribution in [3.63, 3.8) is 0 Å². The Morgan fingerprint density at radius 3 is 2.67 bits per heavy atom. The summed E-state index contributed by atoms with van der Waals surface area (Å²) in [5, 5.41) is 0. The molecule has 2 aliphatic heterocycles. The SMILES string of the molecule is CCCCC1=NC2(CCCC2)C(=O)N1Cc1ccc(-c2ccccc2SNC2NOC(C)=C2C)c(COCC)c1. The maximum absolute atomic E-state index is 13.7. The maximum Gasteiger partial charge on any atom is 0.256 e. The number of unbranched alkanes of at least 4 members (excludes halogenated alkanes) is 1. The number of hydrogen-bond donors (Lipinski definition) is 2. The topological polar surface area (TPSA) is 75.2 Å². The summed E-state index contributed by atoms with van der Waals surface area (Å²) in [6.07, 6.45) is 6.89.